The molecule has 1 heterocycles. The lowest BCUT2D eigenvalue weighted by Gasteiger charge is -2.14. The van der Waals surface area contributed by atoms with E-state index >= 15 is 0 Å². The molecule has 112 valence electrons. The van der Waals surface area contributed by atoms with E-state index in [1.165, 1.54) is 19.3 Å². The molecule has 1 aromatic heterocycles. The molecule has 0 saturated heterocycles. The first-order valence-electron chi connectivity index (χ1n) is 7.55. The number of aliphatic hydroxyl groups is 1. The van der Waals surface area contributed by atoms with Gasteiger partial charge in [0.05, 0.1) is 12.3 Å². The molecule has 0 radical (unpaired) electrons. The second-order valence-electron chi connectivity index (χ2n) is 5.96. The summed E-state index contributed by atoms with van der Waals surface area (Å²) in [5, 5.41) is 22.8. The molecule has 1 saturated carbocycles. The van der Waals surface area contributed by atoms with Crippen LogP contribution in [0.5, 0.6) is 5.75 Å². The zero-order valence-corrected chi connectivity index (χ0v) is 12.7. The van der Waals surface area contributed by atoms with Crippen molar-refractivity contribution in [1.29, 1.82) is 0 Å². The van der Waals surface area contributed by atoms with Gasteiger partial charge < -0.3 is 15.5 Å². The zero-order chi connectivity index (χ0) is 14.8. The summed E-state index contributed by atoms with van der Waals surface area (Å²) in [4.78, 5) is 4.08. The van der Waals surface area contributed by atoms with Crippen molar-refractivity contribution in [2.45, 2.75) is 53.2 Å². The van der Waals surface area contributed by atoms with E-state index < -0.39 is 0 Å². The fraction of sp³-hybridized carbons (Fsp3) is 0.688. The van der Waals surface area contributed by atoms with Crippen LogP contribution in [0.1, 0.15) is 49.9 Å². The first-order valence-corrected chi connectivity index (χ1v) is 7.55. The molecule has 1 unspecified atom stereocenters. The van der Waals surface area contributed by atoms with Crippen LogP contribution in [0.2, 0.25) is 0 Å². The van der Waals surface area contributed by atoms with Gasteiger partial charge in [0.2, 0.25) is 0 Å². The van der Waals surface area contributed by atoms with Crippen LogP contribution in [0.4, 0.5) is 0 Å². The van der Waals surface area contributed by atoms with Gasteiger partial charge >= 0.3 is 0 Å². The quantitative estimate of drug-likeness (QED) is 0.717. The average molecular weight is 278 g/mol. The predicted molar refractivity (Wildman–Crippen MR) is 79.4 cm³/mol. The van der Waals surface area contributed by atoms with Gasteiger partial charge in [-0.3, -0.25) is 4.98 Å². The van der Waals surface area contributed by atoms with Crippen molar-refractivity contribution < 1.29 is 10.2 Å². The van der Waals surface area contributed by atoms with Crippen LogP contribution in [-0.2, 0) is 13.2 Å². The second kappa shape index (κ2) is 6.10. The number of rotatable bonds is 7. The number of hydrogen-bond donors (Lipinski definition) is 3. The summed E-state index contributed by atoms with van der Waals surface area (Å²) in [6.45, 7) is 7.80. The zero-order valence-electron chi connectivity index (χ0n) is 12.7. The van der Waals surface area contributed by atoms with Crippen molar-refractivity contribution in [3.05, 3.63) is 23.0 Å². The number of aliphatic hydroxyl groups excluding tert-OH is 1. The predicted octanol–water partition coefficient (Wildman–Crippen LogP) is 2.50. The lowest BCUT2D eigenvalue weighted by molar-refractivity contribution is 0.278. The summed E-state index contributed by atoms with van der Waals surface area (Å²) in [6.07, 6.45) is 5.45. The third kappa shape index (κ3) is 2.81. The van der Waals surface area contributed by atoms with E-state index in [0.29, 0.717) is 23.2 Å². The van der Waals surface area contributed by atoms with E-state index in [1.807, 2.05) is 0 Å². The normalized spacial score (nSPS) is 20.1. The van der Waals surface area contributed by atoms with Gasteiger partial charge in [-0.2, -0.15) is 0 Å². The number of aromatic hydroxyl groups is 1. The van der Waals surface area contributed by atoms with E-state index in [2.05, 4.69) is 24.1 Å². The maximum absolute atomic E-state index is 10.1. The standard InChI is InChI=1S/C16H26N2O2/c1-4-16(5-2)6-13(16)8-17-9-14-12(10-19)7-18-11(3)15(14)20/h7,13,17,19-20H,4-6,8-10H2,1-3H3. The highest BCUT2D eigenvalue weighted by Gasteiger charge is 2.50. The number of pyridine rings is 1. The molecule has 1 aliphatic carbocycles. The lowest BCUT2D eigenvalue weighted by atomic mass is 9.97. The minimum Gasteiger partial charge on any atom is -0.506 e. The van der Waals surface area contributed by atoms with E-state index in [1.54, 1.807) is 13.1 Å². The highest BCUT2D eigenvalue weighted by molar-refractivity contribution is 5.40. The molecule has 3 N–H and O–H groups in total. The maximum Gasteiger partial charge on any atom is 0.141 e. The topological polar surface area (TPSA) is 65.4 Å². The Balaban J connectivity index is 1.94. The highest BCUT2D eigenvalue weighted by Crippen LogP contribution is 2.57. The molecule has 2 rings (SSSR count). The summed E-state index contributed by atoms with van der Waals surface area (Å²) in [7, 11) is 0. The van der Waals surface area contributed by atoms with Crippen LogP contribution in [0, 0.1) is 18.3 Å². The van der Waals surface area contributed by atoms with Crippen molar-refractivity contribution in [3.63, 3.8) is 0 Å². The summed E-state index contributed by atoms with van der Waals surface area (Å²) in [5.41, 5.74) is 2.64. The Labute approximate surface area is 121 Å². The monoisotopic (exact) mass is 278 g/mol. The minimum absolute atomic E-state index is 0.0882. The van der Waals surface area contributed by atoms with Crippen LogP contribution in [0.15, 0.2) is 6.20 Å². The Hall–Kier alpha value is -1.13. The van der Waals surface area contributed by atoms with Crippen LogP contribution in [0.25, 0.3) is 0 Å². The molecule has 0 amide bonds. The van der Waals surface area contributed by atoms with Gasteiger partial charge in [-0.1, -0.05) is 26.7 Å². The van der Waals surface area contributed by atoms with Crippen molar-refractivity contribution >= 4 is 0 Å². The first kappa shape index (κ1) is 15.3. The van der Waals surface area contributed by atoms with Gasteiger partial charge in [-0.05, 0) is 31.2 Å². The number of nitrogens with zero attached hydrogens (tertiary/aromatic N) is 1. The molecule has 1 aliphatic rings. The van der Waals surface area contributed by atoms with E-state index in [9.17, 15) is 10.2 Å². The molecule has 0 aromatic carbocycles. The molecule has 20 heavy (non-hydrogen) atoms. The summed E-state index contributed by atoms with van der Waals surface area (Å²) in [6, 6.07) is 0. The van der Waals surface area contributed by atoms with Crippen LogP contribution < -0.4 is 5.32 Å². The summed E-state index contributed by atoms with van der Waals surface area (Å²) >= 11 is 0. The Morgan fingerprint density at radius 1 is 1.40 bits per heavy atom. The summed E-state index contributed by atoms with van der Waals surface area (Å²) < 4.78 is 0. The molecule has 0 bridgehead atoms. The summed E-state index contributed by atoms with van der Waals surface area (Å²) in [5.74, 6) is 0.956. The van der Waals surface area contributed by atoms with Gasteiger partial charge in [-0.25, -0.2) is 0 Å². The molecular formula is C16H26N2O2. The molecule has 1 atom stereocenters. The van der Waals surface area contributed by atoms with Gasteiger partial charge in [0.1, 0.15) is 5.75 Å². The van der Waals surface area contributed by atoms with Crippen molar-refractivity contribution in [1.82, 2.24) is 10.3 Å². The Kier molecular flexibility index (Phi) is 4.66. The average Bonchev–Trinajstić information content (AvgIpc) is 3.18. The molecule has 1 fully saturated rings. The SMILES string of the molecule is CCC1(CC)CC1CNCc1c(CO)cnc(C)c1O. The molecule has 4 nitrogen and oxygen atoms in total. The number of nitrogens with one attached hydrogen (secondary N) is 1. The van der Waals surface area contributed by atoms with Crippen molar-refractivity contribution in [2.75, 3.05) is 6.54 Å². The van der Waals surface area contributed by atoms with Gasteiger partial charge in [0.15, 0.2) is 0 Å². The van der Waals surface area contributed by atoms with Crippen molar-refractivity contribution in [3.8, 4) is 5.75 Å². The number of aryl methyl sites for hydroxylation is 1. The van der Waals surface area contributed by atoms with E-state index in [4.69, 9.17) is 0 Å². The fourth-order valence-electron chi connectivity index (χ4n) is 3.23. The maximum atomic E-state index is 10.1. The van der Waals surface area contributed by atoms with Gasteiger partial charge in [-0.15, -0.1) is 0 Å². The molecule has 1 aromatic rings. The van der Waals surface area contributed by atoms with Gasteiger partial charge in [0.25, 0.3) is 0 Å². The minimum atomic E-state index is -0.0882. The highest BCUT2D eigenvalue weighted by atomic mass is 16.3. The first-order chi connectivity index (χ1) is 9.57. The Bertz CT molecular complexity index is 470. The van der Waals surface area contributed by atoms with E-state index in [0.717, 1.165) is 18.0 Å². The number of aromatic nitrogens is 1. The number of hydrogen-bond acceptors (Lipinski definition) is 4. The molecule has 4 heteroatoms. The fourth-order valence-corrected chi connectivity index (χ4v) is 3.23. The lowest BCUT2D eigenvalue weighted by Crippen LogP contribution is -2.20. The third-order valence-corrected chi connectivity index (χ3v) is 5.06. The second-order valence-corrected chi connectivity index (χ2v) is 5.96. The Morgan fingerprint density at radius 2 is 2.10 bits per heavy atom. The molecule has 0 aliphatic heterocycles. The van der Waals surface area contributed by atoms with Crippen LogP contribution in [-0.4, -0.2) is 21.7 Å². The Morgan fingerprint density at radius 3 is 2.65 bits per heavy atom. The van der Waals surface area contributed by atoms with Crippen molar-refractivity contribution in [2.24, 2.45) is 11.3 Å². The molecular weight excluding hydrogens is 252 g/mol. The molecule has 0 spiro atoms. The largest absolute Gasteiger partial charge is 0.506 e. The van der Waals surface area contributed by atoms with Crippen LogP contribution in [0.3, 0.4) is 0 Å². The smallest absolute Gasteiger partial charge is 0.141 e. The van der Waals surface area contributed by atoms with E-state index in [-0.39, 0.29) is 12.4 Å². The van der Waals surface area contributed by atoms with Crippen LogP contribution >= 0.6 is 0 Å². The van der Waals surface area contributed by atoms with Gasteiger partial charge in [0, 0.05) is 23.9 Å². The third-order valence-electron chi connectivity index (χ3n) is 5.06.